The average Bonchev–Trinajstić information content (AvgIpc) is 2.38. The van der Waals surface area contributed by atoms with Crippen molar-refractivity contribution in [1.29, 1.82) is 0 Å². The van der Waals surface area contributed by atoms with E-state index in [1.807, 2.05) is 0 Å². The number of piperidine rings is 2. The SMILES string of the molecule is O=C1CCC(C(=O)NCC2CCNCC2)CN1. The molecule has 0 bridgehead atoms. The number of hydrogen-bond donors (Lipinski definition) is 3. The topological polar surface area (TPSA) is 70.2 Å². The standard InChI is InChI=1S/C12H21N3O2/c16-11-2-1-10(8-14-11)12(17)15-7-9-3-5-13-6-4-9/h9-10,13H,1-8H2,(H,14,16)(H,15,17). The van der Waals surface area contributed by atoms with E-state index in [2.05, 4.69) is 16.0 Å². The summed E-state index contributed by atoms with van der Waals surface area (Å²) >= 11 is 0. The van der Waals surface area contributed by atoms with E-state index in [-0.39, 0.29) is 17.7 Å². The lowest BCUT2D eigenvalue weighted by Crippen LogP contribution is -2.44. The molecule has 2 rings (SSSR count). The minimum absolute atomic E-state index is 0.0329. The normalized spacial score (nSPS) is 26.4. The molecule has 17 heavy (non-hydrogen) atoms. The fourth-order valence-electron chi connectivity index (χ4n) is 2.43. The zero-order valence-electron chi connectivity index (χ0n) is 10.1. The molecule has 0 spiro atoms. The summed E-state index contributed by atoms with van der Waals surface area (Å²) in [6, 6.07) is 0. The van der Waals surface area contributed by atoms with Crippen LogP contribution in [0.5, 0.6) is 0 Å². The van der Waals surface area contributed by atoms with Crippen LogP contribution in [0.4, 0.5) is 0 Å². The van der Waals surface area contributed by atoms with Crippen molar-refractivity contribution in [3.63, 3.8) is 0 Å². The van der Waals surface area contributed by atoms with Crippen LogP contribution in [0.2, 0.25) is 0 Å². The minimum Gasteiger partial charge on any atom is -0.356 e. The molecule has 1 atom stereocenters. The van der Waals surface area contributed by atoms with Crippen molar-refractivity contribution in [2.45, 2.75) is 25.7 Å². The van der Waals surface area contributed by atoms with Crippen LogP contribution in [0, 0.1) is 11.8 Å². The largest absolute Gasteiger partial charge is 0.356 e. The summed E-state index contributed by atoms with van der Waals surface area (Å²) < 4.78 is 0. The zero-order chi connectivity index (χ0) is 12.1. The Balaban J connectivity index is 1.67. The monoisotopic (exact) mass is 239 g/mol. The minimum atomic E-state index is -0.0329. The fraction of sp³-hybridized carbons (Fsp3) is 0.833. The van der Waals surface area contributed by atoms with Crippen molar-refractivity contribution in [3.8, 4) is 0 Å². The average molecular weight is 239 g/mol. The molecule has 2 amide bonds. The molecule has 5 nitrogen and oxygen atoms in total. The van der Waals surface area contributed by atoms with E-state index in [1.165, 1.54) is 0 Å². The maximum absolute atomic E-state index is 11.9. The second kappa shape index (κ2) is 6.00. The van der Waals surface area contributed by atoms with Crippen molar-refractivity contribution < 1.29 is 9.59 Å². The Hall–Kier alpha value is -1.10. The molecule has 2 aliphatic rings. The highest BCUT2D eigenvalue weighted by Crippen LogP contribution is 2.13. The molecule has 2 saturated heterocycles. The second-order valence-corrected chi connectivity index (χ2v) is 4.98. The summed E-state index contributed by atoms with van der Waals surface area (Å²) in [5.41, 5.74) is 0. The highest BCUT2D eigenvalue weighted by molar-refractivity contribution is 5.83. The molecule has 0 aromatic heterocycles. The quantitative estimate of drug-likeness (QED) is 0.629. The van der Waals surface area contributed by atoms with Crippen LogP contribution in [0.25, 0.3) is 0 Å². The Kier molecular flexibility index (Phi) is 4.36. The number of hydrogen-bond acceptors (Lipinski definition) is 3. The van der Waals surface area contributed by atoms with Gasteiger partial charge >= 0.3 is 0 Å². The maximum Gasteiger partial charge on any atom is 0.224 e. The smallest absolute Gasteiger partial charge is 0.224 e. The van der Waals surface area contributed by atoms with Gasteiger partial charge in [-0.1, -0.05) is 0 Å². The van der Waals surface area contributed by atoms with Crippen LogP contribution in [-0.2, 0) is 9.59 Å². The van der Waals surface area contributed by atoms with Gasteiger partial charge < -0.3 is 16.0 Å². The van der Waals surface area contributed by atoms with E-state index >= 15 is 0 Å². The van der Waals surface area contributed by atoms with Gasteiger partial charge in [-0.05, 0) is 38.3 Å². The van der Waals surface area contributed by atoms with Gasteiger partial charge in [0.2, 0.25) is 11.8 Å². The summed E-state index contributed by atoms with van der Waals surface area (Å²) in [6.07, 6.45) is 3.44. The number of carbonyl (C=O) groups excluding carboxylic acids is 2. The molecular formula is C12H21N3O2. The fourth-order valence-corrected chi connectivity index (χ4v) is 2.43. The summed E-state index contributed by atoms with van der Waals surface area (Å²) in [6.45, 7) is 3.39. The molecule has 1 unspecified atom stereocenters. The summed E-state index contributed by atoms with van der Waals surface area (Å²) in [5, 5.41) is 9.07. The lowest BCUT2D eigenvalue weighted by atomic mass is 9.96. The second-order valence-electron chi connectivity index (χ2n) is 4.98. The van der Waals surface area contributed by atoms with Gasteiger partial charge in [0.25, 0.3) is 0 Å². The van der Waals surface area contributed by atoms with Gasteiger partial charge in [-0.2, -0.15) is 0 Å². The van der Waals surface area contributed by atoms with Gasteiger partial charge in [0.05, 0.1) is 5.92 Å². The number of amides is 2. The van der Waals surface area contributed by atoms with Gasteiger partial charge in [-0.3, -0.25) is 9.59 Å². The Morgan fingerprint density at radius 3 is 2.71 bits per heavy atom. The molecule has 2 heterocycles. The third-order valence-electron chi connectivity index (χ3n) is 3.66. The number of nitrogens with one attached hydrogen (secondary N) is 3. The van der Waals surface area contributed by atoms with Gasteiger partial charge in [-0.15, -0.1) is 0 Å². The maximum atomic E-state index is 11.9. The first-order chi connectivity index (χ1) is 8.25. The van der Waals surface area contributed by atoms with Crippen LogP contribution in [0.3, 0.4) is 0 Å². The van der Waals surface area contributed by atoms with E-state index in [4.69, 9.17) is 0 Å². The zero-order valence-corrected chi connectivity index (χ0v) is 10.1. The molecule has 0 saturated carbocycles. The third kappa shape index (κ3) is 3.70. The molecule has 96 valence electrons. The van der Waals surface area contributed by atoms with Crippen LogP contribution >= 0.6 is 0 Å². The van der Waals surface area contributed by atoms with E-state index in [1.54, 1.807) is 0 Å². The van der Waals surface area contributed by atoms with E-state index in [9.17, 15) is 9.59 Å². The van der Waals surface area contributed by atoms with Crippen molar-refractivity contribution >= 4 is 11.8 Å². The molecule has 0 aliphatic carbocycles. The lowest BCUT2D eigenvalue weighted by molar-refractivity contribution is -0.129. The first-order valence-corrected chi connectivity index (χ1v) is 6.51. The van der Waals surface area contributed by atoms with Gasteiger partial charge in [0.1, 0.15) is 0 Å². The van der Waals surface area contributed by atoms with E-state index in [0.717, 1.165) is 32.5 Å². The van der Waals surface area contributed by atoms with Gasteiger partial charge in [0.15, 0.2) is 0 Å². The van der Waals surface area contributed by atoms with Gasteiger partial charge in [0, 0.05) is 19.5 Å². The molecular weight excluding hydrogens is 218 g/mol. The van der Waals surface area contributed by atoms with E-state index in [0.29, 0.717) is 25.3 Å². The third-order valence-corrected chi connectivity index (χ3v) is 3.66. The number of rotatable bonds is 3. The highest BCUT2D eigenvalue weighted by Gasteiger charge is 2.24. The lowest BCUT2D eigenvalue weighted by Gasteiger charge is -2.25. The molecule has 5 heteroatoms. The van der Waals surface area contributed by atoms with Crippen LogP contribution in [-0.4, -0.2) is 38.0 Å². The summed E-state index contributed by atoms with van der Waals surface area (Å²) in [5.74, 6) is 0.740. The van der Waals surface area contributed by atoms with Crippen LogP contribution in [0.1, 0.15) is 25.7 Å². The van der Waals surface area contributed by atoms with Crippen LogP contribution < -0.4 is 16.0 Å². The highest BCUT2D eigenvalue weighted by atomic mass is 16.2. The Bertz CT molecular complexity index is 277. The Morgan fingerprint density at radius 2 is 2.06 bits per heavy atom. The van der Waals surface area contributed by atoms with E-state index < -0.39 is 0 Å². The molecule has 2 aliphatic heterocycles. The first-order valence-electron chi connectivity index (χ1n) is 6.51. The van der Waals surface area contributed by atoms with Crippen LogP contribution in [0.15, 0.2) is 0 Å². The van der Waals surface area contributed by atoms with Crippen molar-refractivity contribution in [1.82, 2.24) is 16.0 Å². The molecule has 0 aromatic carbocycles. The predicted octanol–water partition coefficient (Wildman–Crippen LogP) is -0.372. The molecule has 2 fully saturated rings. The molecule has 0 radical (unpaired) electrons. The molecule has 0 aromatic rings. The number of carbonyl (C=O) groups is 2. The van der Waals surface area contributed by atoms with Crippen molar-refractivity contribution in [2.24, 2.45) is 11.8 Å². The summed E-state index contributed by atoms with van der Waals surface area (Å²) in [4.78, 5) is 22.9. The summed E-state index contributed by atoms with van der Waals surface area (Å²) in [7, 11) is 0. The van der Waals surface area contributed by atoms with Crippen molar-refractivity contribution in [3.05, 3.63) is 0 Å². The molecule has 3 N–H and O–H groups in total. The predicted molar refractivity (Wildman–Crippen MR) is 64.3 cm³/mol. The Morgan fingerprint density at radius 1 is 1.29 bits per heavy atom. The van der Waals surface area contributed by atoms with Gasteiger partial charge in [-0.25, -0.2) is 0 Å². The van der Waals surface area contributed by atoms with Crippen molar-refractivity contribution in [2.75, 3.05) is 26.2 Å². The first kappa shape index (κ1) is 12.4. The Labute approximate surface area is 102 Å².